The Bertz CT molecular complexity index is 468. The van der Waals surface area contributed by atoms with E-state index in [1.807, 2.05) is 0 Å². The average Bonchev–Trinajstić information content (AvgIpc) is 2.38. The first kappa shape index (κ1) is 21.2. The molecule has 0 fully saturated rings. The summed E-state index contributed by atoms with van der Waals surface area (Å²) in [6.07, 6.45) is -1.04. The summed E-state index contributed by atoms with van der Waals surface area (Å²) in [6.45, 7) is 9.51. The molecule has 0 rings (SSSR count). The summed E-state index contributed by atoms with van der Waals surface area (Å²) in [7, 11) is -4.69. The zero-order valence-corrected chi connectivity index (χ0v) is 15.0. The number of alkyl halides is 2. The Morgan fingerprint density at radius 2 is 1.64 bits per heavy atom. The molecule has 22 heavy (non-hydrogen) atoms. The minimum absolute atomic E-state index is 0.353. The van der Waals surface area contributed by atoms with Crippen molar-refractivity contribution in [1.29, 1.82) is 0 Å². The molecule has 0 heterocycles. The number of hydrogen-bond acceptors (Lipinski definition) is 5. The van der Waals surface area contributed by atoms with Crippen molar-refractivity contribution < 1.29 is 26.7 Å². The van der Waals surface area contributed by atoms with Crippen molar-refractivity contribution in [3.8, 4) is 0 Å². The summed E-state index contributed by atoms with van der Waals surface area (Å²) in [5.41, 5.74) is -0.817. The fourth-order valence-electron chi connectivity index (χ4n) is 1.80. The maximum Gasteiger partial charge on any atom is 0.350 e. The lowest BCUT2D eigenvalue weighted by Gasteiger charge is -2.29. The van der Waals surface area contributed by atoms with E-state index in [-0.39, 0.29) is 0 Å². The number of ether oxygens (including phenoxy) is 1. The fraction of sp³-hybridized carbons (Fsp3) is 0.929. The summed E-state index contributed by atoms with van der Waals surface area (Å²) in [5.74, 6) is -0.641. The number of nitrogens with zero attached hydrogens (tertiary/aromatic N) is 1. The summed E-state index contributed by atoms with van der Waals surface area (Å²) < 4.78 is 56.9. The molecule has 132 valence electrons. The van der Waals surface area contributed by atoms with Crippen molar-refractivity contribution in [2.24, 2.45) is 5.41 Å². The van der Waals surface area contributed by atoms with Crippen LogP contribution in [0.1, 0.15) is 48.0 Å². The Morgan fingerprint density at radius 3 is 2.00 bits per heavy atom. The van der Waals surface area contributed by atoms with Gasteiger partial charge in [0.05, 0.1) is 18.4 Å². The van der Waals surface area contributed by atoms with Gasteiger partial charge in [-0.1, -0.05) is 13.8 Å². The molecule has 0 amide bonds. The van der Waals surface area contributed by atoms with Crippen molar-refractivity contribution in [3.63, 3.8) is 0 Å². The van der Waals surface area contributed by atoms with Crippen LogP contribution in [-0.4, -0.2) is 49.6 Å². The third-order valence-electron chi connectivity index (χ3n) is 3.43. The quantitative estimate of drug-likeness (QED) is 0.634. The smallest absolute Gasteiger partial charge is 0.350 e. The molecule has 0 saturated heterocycles. The number of halogens is 2. The van der Waals surface area contributed by atoms with Gasteiger partial charge in [-0.2, -0.15) is 8.78 Å². The van der Waals surface area contributed by atoms with Crippen molar-refractivity contribution in [1.82, 2.24) is 4.90 Å². The van der Waals surface area contributed by atoms with Gasteiger partial charge < -0.3 is 4.74 Å². The topological polar surface area (TPSA) is 63.7 Å². The van der Waals surface area contributed by atoms with E-state index in [0.717, 1.165) is 0 Å². The second-order valence-corrected chi connectivity index (χ2v) is 8.51. The van der Waals surface area contributed by atoms with Gasteiger partial charge in [-0.25, -0.2) is 8.42 Å². The molecule has 0 aliphatic heterocycles. The van der Waals surface area contributed by atoms with Crippen molar-refractivity contribution in [3.05, 3.63) is 0 Å². The van der Waals surface area contributed by atoms with Gasteiger partial charge in [0, 0.05) is 0 Å². The predicted molar refractivity (Wildman–Crippen MR) is 81.3 cm³/mol. The predicted octanol–water partition coefficient (Wildman–Crippen LogP) is 2.66. The lowest BCUT2D eigenvalue weighted by Crippen LogP contribution is -2.46. The maximum atomic E-state index is 14.0. The van der Waals surface area contributed by atoms with Gasteiger partial charge >= 0.3 is 11.2 Å². The highest BCUT2D eigenvalue weighted by Crippen LogP contribution is 2.31. The molecule has 0 aliphatic rings. The number of carbonyl (C=O) groups excluding carboxylic acids is 1. The average molecular weight is 343 g/mol. The molecule has 0 bridgehead atoms. The van der Waals surface area contributed by atoms with Crippen LogP contribution in [0.15, 0.2) is 0 Å². The van der Waals surface area contributed by atoms with E-state index in [0.29, 0.717) is 13.1 Å². The molecule has 0 spiro atoms. The second kappa shape index (κ2) is 7.68. The van der Waals surface area contributed by atoms with E-state index >= 15 is 0 Å². The van der Waals surface area contributed by atoms with Gasteiger partial charge in [0.2, 0.25) is 9.84 Å². The van der Waals surface area contributed by atoms with E-state index in [1.165, 1.54) is 11.8 Å². The standard InChI is InChI=1S/C14H27F2NO4S/c1-7-17(8-2)11(3)22(19,20)14(15,16)9-10-21-12(18)13(4,5)6/h11H,7-10H2,1-6H3. The first-order chi connectivity index (χ1) is 9.81. The molecule has 1 atom stereocenters. The number of esters is 1. The van der Waals surface area contributed by atoms with Crippen LogP contribution in [0.3, 0.4) is 0 Å². The molecule has 0 aromatic rings. The highest BCUT2D eigenvalue weighted by Gasteiger charge is 2.49. The Morgan fingerprint density at radius 1 is 1.18 bits per heavy atom. The van der Waals surface area contributed by atoms with Crippen LogP contribution in [0.5, 0.6) is 0 Å². The summed E-state index contributed by atoms with van der Waals surface area (Å²) in [5, 5.41) is -5.23. The molecule has 5 nitrogen and oxygen atoms in total. The number of rotatable bonds is 8. The Balaban J connectivity index is 4.89. The highest BCUT2D eigenvalue weighted by atomic mass is 32.2. The van der Waals surface area contributed by atoms with Gasteiger partial charge in [-0.15, -0.1) is 0 Å². The van der Waals surface area contributed by atoms with E-state index in [1.54, 1.807) is 34.6 Å². The molecule has 0 radical (unpaired) electrons. The summed E-state index contributed by atoms with van der Waals surface area (Å²) in [4.78, 5) is 12.9. The minimum Gasteiger partial charge on any atom is -0.465 e. The number of sulfone groups is 1. The van der Waals surface area contributed by atoms with Crippen LogP contribution < -0.4 is 0 Å². The van der Waals surface area contributed by atoms with Crippen molar-refractivity contribution >= 4 is 15.8 Å². The third kappa shape index (κ3) is 5.15. The van der Waals surface area contributed by atoms with Crippen LogP contribution >= 0.6 is 0 Å². The molecule has 0 saturated carbocycles. The Labute approximate surface area is 131 Å². The van der Waals surface area contributed by atoms with Crippen LogP contribution in [0.25, 0.3) is 0 Å². The second-order valence-electron chi connectivity index (χ2n) is 6.14. The third-order valence-corrected chi connectivity index (χ3v) is 5.66. The molecular weight excluding hydrogens is 316 g/mol. The first-order valence-electron chi connectivity index (χ1n) is 7.33. The molecule has 1 unspecified atom stereocenters. The van der Waals surface area contributed by atoms with Crippen LogP contribution in [0, 0.1) is 5.41 Å². The van der Waals surface area contributed by atoms with E-state index in [4.69, 9.17) is 4.74 Å². The molecule has 0 aromatic carbocycles. The highest BCUT2D eigenvalue weighted by molar-refractivity contribution is 7.93. The lowest BCUT2D eigenvalue weighted by atomic mass is 9.97. The van der Waals surface area contributed by atoms with Crippen LogP contribution in [0.2, 0.25) is 0 Å². The largest absolute Gasteiger partial charge is 0.465 e. The Kier molecular flexibility index (Phi) is 7.41. The fourth-order valence-corrected chi connectivity index (χ4v) is 3.36. The van der Waals surface area contributed by atoms with Crippen LogP contribution in [-0.2, 0) is 19.4 Å². The van der Waals surface area contributed by atoms with Gasteiger partial charge in [0.1, 0.15) is 5.37 Å². The van der Waals surface area contributed by atoms with E-state index in [2.05, 4.69) is 0 Å². The SMILES string of the molecule is CCN(CC)C(C)S(=O)(=O)C(F)(F)CCOC(=O)C(C)(C)C. The van der Waals surface area contributed by atoms with Gasteiger partial charge in [-0.3, -0.25) is 9.69 Å². The zero-order valence-electron chi connectivity index (χ0n) is 14.2. The van der Waals surface area contributed by atoms with E-state index < -0.39 is 44.9 Å². The minimum atomic E-state index is -4.69. The lowest BCUT2D eigenvalue weighted by molar-refractivity contribution is -0.154. The maximum absolute atomic E-state index is 14.0. The number of hydrogen-bond donors (Lipinski definition) is 0. The van der Waals surface area contributed by atoms with Gasteiger partial charge in [-0.05, 0) is 40.8 Å². The molecular formula is C14H27F2NO4S. The van der Waals surface area contributed by atoms with Gasteiger partial charge in [0.25, 0.3) is 0 Å². The number of carbonyl (C=O) groups is 1. The zero-order chi connectivity index (χ0) is 17.8. The van der Waals surface area contributed by atoms with Crippen molar-refractivity contribution in [2.45, 2.75) is 58.6 Å². The summed E-state index contributed by atoms with van der Waals surface area (Å²) in [6, 6.07) is 0. The van der Waals surface area contributed by atoms with Gasteiger partial charge in [0.15, 0.2) is 0 Å². The monoisotopic (exact) mass is 343 g/mol. The van der Waals surface area contributed by atoms with Crippen molar-refractivity contribution in [2.75, 3.05) is 19.7 Å². The summed E-state index contributed by atoms with van der Waals surface area (Å²) >= 11 is 0. The Hall–Kier alpha value is -0.760. The molecule has 0 aromatic heterocycles. The molecule has 0 aliphatic carbocycles. The van der Waals surface area contributed by atoms with Crippen LogP contribution in [0.4, 0.5) is 8.78 Å². The molecule has 8 heteroatoms. The molecule has 0 N–H and O–H groups in total. The van der Waals surface area contributed by atoms with E-state index in [9.17, 15) is 22.0 Å². The normalized spacial score (nSPS) is 15.0. The first-order valence-corrected chi connectivity index (χ1v) is 8.88.